The number of carbonyl (C=O) groups excluding carboxylic acids is 4. The molecule has 0 aliphatic carbocycles. The molecule has 0 radical (unpaired) electrons. The van der Waals surface area contributed by atoms with Crippen LogP contribution < -0.4 is 0 Å². The van der Waals surface area contributed by atoms with Crippen molar-refractivity contribution >= 4 is 24.1 Å². The zero-order valence-electron chi connectivity index (χ0n) is 7.10. The summed E-state index contributed by atoms with van der Waals surface area (Å²) in [6.07, 6.45) is 0.382. The molecule has 4 nitrogen and oxygen atoms in total. The molecule has 0 heterocycles. The Bertz CT molecular complexity index is 350. The van der Waals surface area contributed by atoms with Gasteiger partial charge in [0.2, 0.25) is 11.6 Å². The van der Waals surface area contributed by atoms with Crippen molar-refractivity contribution in [2.24, 2.45) is 0 Å². The summed E-state index contributed by atoms with van der Waals surface area (Å²) >= 11 is 0. The number of hydrogen-bond acceptors (Lipinski definition) is 4. The minimum Gasteiger partial charge on any atom is -0.294 e. The molecule has 0 atom stereocenters. The lowest BCUT2D eigenvalue weighted by atomic mass is 10.1. The van der Waals surface area contributed by atoms with Crippen LogP contribution in [0.3, 0.4) is 0 Å². The fourth-order valence-electron chi connectivity index (χ4n) is 0.935. The van der Waals surface area contributed by atoms with Gasteiger partial charge >= 0.3 is 0 Å². The smallest absolute Gasteiger partial charge is 0.225 e. The molecule has 0 unspecified atom stereocenters. The van der Waals surface area contributed by atoms with Gasteiger partial charge < -0.3 is 0 Å². The number of benzene rings is 1. The van der Waals surface area contributed by atoms with E-state index < -0.39 is 11.6 Å². The zero-order valence-corrected chi connectivity index (χ0v) is 7.10. The quantitative estimate of drug-likeness (QED) is 0.392. The Balaban J connectivity index is 2.99. The molecule has 1 rings (SSSR count). The van der Waals surface area contributed by atoms with Gasteiger partial charge in [-0.15, -0.1) is 0 Å². The van der Waals surface area contributed by atoms with Crippen molar-refractivity contribution in [1.29, 1.82) is 0 Å². The maximum absolute atomic E-state index is 10.8. The number of Topliss-reactive ketones (excluding diaryl/α,β-unsaturated/α-hetero) is 2. The minimum absolute atomic E-state index is 0.191. The van der Waals surface area contributed by atoms with Crippen molar-refractivity contribution in [2.45, 2.75) is 0 Å². The number of aldehydes is 2. The Kier molecular flexibility index (Phi) is 3.01. The second-order valence-corrected chi connectivity index (χ2v) is 2.54. The molecule has 0 aromatic heterocycles. The Morgan fingerprint density at radius 3 is 1.29 bits per heavy atom. The fourth-order valence-corrected chi connectivity index (χ4v) is 0.935. The summed E-state index contributed by atoms with van der Waals surface area (Å²) in [5.74, 6) is -1.31. The van der Waals surface area contributed by atoms with Crippen molar-refractivity contribution in [3.8, 4) is 0 Å². The van der Waals surface area contributed by atoms with Gasteiger partial charge in [0.25, 0.3) is 0 Å². The van der Waals surface area contributed by atoms with Gasteiger partial charge in [0.1, 0.15) is 0 Å². The lowest BCUT2D eigenvalue weighted by Crippen LogP contribution is -2.03. The van der Waals surface area contributed by atoms with E-state index in [9.17, 15) is 19.2 Å². The highest BCUT2D eigenvalue weighted by atomic mass is 16.2. The Morgan fingerprint density at radius 2 is 1.07 bits per heavy atom. The molecule has 0 spiro atoms. The van der Waals surface area contributed by atoms with Crippen molar-refractivity contribution in [3.63, 3.8) is 0 Å². The van der Waals surface area contributed by atoms with Gasteiger partial charge in [-0.25, -0.2) is 0 Å². The number of ketones is 2. The van der Waals surface area contributed by atoms with Gasteiger partial charge in [-0.1, -0.05) is 24.3 Å². The van der Waals surface area contributed by atoms with E-state index in [1.54, 1.807) is 0 Å². The predicted molar refractivity (Wildman–Crippen MR) is 47.2 cm³/mol. The Hall–Kier alpha value is -2.10. The average molecular weight is 190 g/mol. The van der Waals surface area contributed by atoms with Crippen LogP contribution in [0.15, 0.2) is 24.3 Å². The molecule has 0 bridgehead atoms. The van der Waals surface area contributed by atoms with E-state index in [4.69, 9.17) is 0 Å². The van der Waals surface area contributed by atoms with Gasteiger partial charge in [-0.05, 0) is 0 Å². The molecule has 1 aromatic carbocycles. The normalized spacial score (nSPS) is 9.14. The largest absolute Gasteiger partial charge is 0.294 e. The second-order valence-electron chi connectivity index (χ2n) is 2.54. The molecule has 0 saturated heterocycles. The van der Waals surface area contributed by atoms with Crippen molar-refractivity contribution < 1.29 is 19.2 Å². The van der Waals surface area contributed by atoms with Crippen LogP contribution in [-0.4, -0.2) is 24.1 Å². The molecule has 0 aliphatic rings. The van der Waals surface area contributed by atoms with E-state index >= 15 is 0 Å². The summed E-state index contributed by atoms with van der Waals surface area (Å²) in [5, 5.41) is 0. The van der Waals surface area contributed by atoms with E-state index in [1.165, 1.54) is 24.3 Å². The van der Waals surface area contributed by atoms with Crippen LogP contribution in [0.4, 0.5) is 0 Å². The molecular formula is C10H6O4. The molecule has 0 aliphatic heterocycles. The second kappa shape index (κ2) is 4.23. The highest BCUT2D eigenvalue weighted by molar-refractivity contribution is 6.34. The molecule has 4 heteroatoms. The van der Waals surface area contributed by atoms with Crippen LogP contribution in [0.1, 0.15) is 20.7 Å². The predicted octanol–water partition coefficient (Wildman–Crippen LogP) is 0.450. The van der Waals surface area contributed by atoms with Crippen LogP contribution in [0.5, 0.6) is 0 Å². The van der Waals surface area contributed by atoms with Gasteiger partial charge in [-0.2, -0.15) is 0 Å². The van der Waals surface area contributed by atoms with Crippen molar-refractivity contribution in [2.75, 3.05) is 0 Å². The van der Waals surface area contributed by atoms with E-state index in [-0.39, 0.29) is 23.7 Å². The monoisotopic (exact) mass is 190 g/mol. The van der Waals surface area contributed by atoms with E-state index in [0.29, 0.717) is 0 Å². The third-order valence-electron chi connectivity index (χ3n) is 1.67. The number of carbonyl (C=O) groups is 4. The van der Waals surface area contributed by atoms with E-state index in [0.717, 1.165) is 0 Å². The summed E-state index contributed by atoms with van der Waals surface area (Å²) < 4.78 is 0. The maximum Gasteiger partial charge on any atom is 0.225 e. The minimum atomic E-state index is -0.657. The first kappa shape index (κ1) is 9.98. The number of hydrogen-bond donors (Lipinski definition) is 0. The molecule has 14 heavy (non-hydrogen) atoms. The molecule has 70 valence electrons. The van der Waals surface area contributed by atoms with Crippen LogP contribution in [-0.2, 0) is 9.59 Å². The van der Waals surface area contributed by atoms with Crippen molar-refractivity contribution in [3.05, 3.63) is 35.4 Å². The SMILES string of the molecule is O=CC(=O)c1ccc(C(=O)C=O)cc1. The zero-order chi connectivity index (χ0) is 10.6. The highest BCUT2D eigenvalue weighted by Gasteiger charge is 2.06. The first-order valence-electron chi connectivity index (χ1n) is 3.78. The standard InChI is InChI=1S/C10H6O4/c11-5-9(13)7-1-2-8(4-3-7)10(14)6-12/h1-6H. The molecular weight excluding hydrogens is 184 g/mol. The third kappa shape index (κ3) is 1.98. The number of rotatable bonds is 4. The molecule has 0 N–H and O–H groups in total. The summed E-state index contributed by atoms with van der Waals surface area (Å²) in [6, 6.07) is 5.31. The van der Waals surface area contributed by atoms with Gasteiger partial charge in [0.05, 0.1) is 0 Å². The first-order chi connectivity index (χ1) is 6.69. The fraction of sp³-hybridized carbons (Fsp3) is 0. The summed E-state index contributed by atoms with van der Waals surface area (Å²) in [4.78, 5) is 41.9. The van der Waals surface area contributed by atoms with Crippen molar-refractivity contribution in [1.82, 2.24) is 0 Å². The van der Waals surface area contributed by atoms with E-state index in [1.807, 2.05) is 0 Å². The Morgan fingerprint density at radius 1 is 0.786 bits per heavy atom. The summed E-state index contributed by atoms with van der Waals surface area (Å²) in [5.41, 5.74) is 0.393. The highest BCUT2D eigenvalue weighted by Crippen LogP contribution is 2.04. The lowest BCUT2D eigenvalue weighted by Gasteiger charge is -1.95. The van der Waals surface area contributed by atoms with Crippen LogP contribution in [0.25, 0.3) is 0 Å². The van der Waals surface area contributed by atoms with Crippen LogP contribution in [0, 0.1) is 0 Å². The van der Waals surface area contributed by atoms with E-state index in [2.05, 4.69) is 0 Å². The lowest BCUT2D eigenvalue weighted by molar-refractivity contribution is -0.105. The van der Waals surface area contributed by atoms with Crippen LogP contribution >= 0.6 is 0 Å². The molecule has 0 fully saturated rings. The average Bonchev–Trinajstić information content (AvgIpc) is 2.27. The maximum atomic E-state index is 10.8. The third-order valence-corrected chi connectivity index (χ3v) is 1.67. The molecule has 0 saturated carbocycles. The summed E-state index contributed by atoms with van der Waals surface area (Å²) in [6.45, 7) is 0. The van der Waals surface area contributed by atoms with Crippen LogP contribution in [0.2, 0.25) is 0 Å². The Labute approximate surface area is 79.5 Å². The van der Waals surface area contributed by atoms with Gasteiger partial charge in [0.15, 0.2) is 12.6 Å². The van der Waals surface area contributed by atoms with Gasteiger partial charge in [-0.3, -0.25) is 19.2 Å². The molecule has 0 amide bonds. The topological polar surface area (TPSA) is 68.3 Å². The van der Waals surface area contributed by atoms with Gasteiger partial charge in [0, 0.05) is 11.1 Å². The summed E-state index contributed by atoms with van der Waals surface area (Å²) in [7, 11) is 0. The molecule has 1 aromatic rings. The first-order valence-corrected chi connectivity index (χ1v) is 3.78.